The van der Waals surface area contributed by atoms with Gasteiger partial charge in [0.1, 0.15) is 0 Å². The first kappa shape index (κ1) is 14.6. The van der Waals surface area contributed by atoms with E-state index in [1.807, 2.05) is 12.1 Å². The van der Waals surface area contributed by atoms with Crippen molar-refractivity contribution in [2.45, 2.75) is 53.0 Å². The summed E-state index contributed by atoms with van der Waals surface area (Å²) in [5.74, 6) is 0. The van der Waals surface area contributed by atoms with Crippen molar-refractivity contribution < 1.29 is 0 Å². The van der Waals surface area contributed by atoms with E-state index in [4.69, 9.17) is 0 Å². The Hall–Kier alpha value is -1.77. The summed E-state index contributed by atoms with van der Waals surface area (Å²) in [4.78, 5) is 12.6. The molecular weight excluding hydrogens is 248 g/mol. The number of hydrogen-bond acceptors (Lipinski definition) is 1. The Morgan fingerprint density at radius 3 is 2.40 bits per heavy atom. The van der Waals surface area contributed by atoms with Gasteiger partial charge in [-0.25, -0.2) is 0 Å². The molecule has 3 heteroatoms. The zero-order chi connectivity index (χ0) is 14.5. The molecule has 0 unspecified atom stereocenters. The van der Waals surface area contributed by atoms with E-state index >= 15 is 0 Å². The van der Waals surface area contributed by atoms with Gasteiger partial charge in [0.25, 0.3) is 5.56 Å². The van der Waals surface area contributed by atoms with Crippen molar-refractivity contribution in [2.75, 3.05) is 0 Å². The zero-order valence-corrected chi connectivity index (χ0v) is 12.7. The molecule has 1 aromatic carbocycles. The van der Waals surface area contributed by atoms with Crippen molar-refractivity contribution in [2.24, 2.45) is 0 Å². The van der Waals surface area contributed by atoms with Crippen LogP contribution >= 0.6 is 0 Å². The lowest BCUT2D eigenvalue weighted by Crippen LogP contribution is -2.17. The molecule has 1 heterocycles. The van der Waals surface area contributed by atoms with Gasteiger partial charge in [0.2, 0.25) is 0 Å². The third-order valence-corrected chi connectivity index (χ3v) is 3.61. The highest BCUT2D eigenvalue weighted by Gasteiger charge is 2.15. The number of benzene rings is 1. The lowest BCUT2D eigenvalue weighted by atomic mass is 10.0. The molecule has 0 bridgehead atoms. The molecule has 1 aromatic heterocycles. The summed E-state index contributed by atoms with van der Waals surface area (Å²) in [5.41, 5.74) is 4.27. The fourth-order valence-electron chi connectivity index (χ4n) is 2.46. The van der Waals surface area contributed by atoms with Gasteiger partial charge in [0.05, 0.1) is 5.56 Å². The van der Waals surface area contributed by atoms with Gasteiger partial charge in [-0.2, -0.15) is 0 Å². The van der Waals surface area contributed by atoms with E-state index in [0.717, 1.165) is 49.0 Å². The largest absolute Gasteiger partial charge is 0.299 e. The summed E-state index contributed by atoms with van der Waals surface area (Å²) in [6.45, 7) is 7.12. The molecule has 0 fully saturated rings. The van der Waals surface area contributed by atoms with Crippen LogP contribution in [0.3, 0.4) is 0 Å². The average molecular weight is 272 g/mol. The number of nitrogens with one attached hydrogen (secondary N) is 1. The summed E-state index contributed by atoms with van der Waals surface area (Å²) >= 11 is 0. The Balaban J connectivity index is 2.46. The fourth-order valence-corrected chi connectivity index (χ4v) is 2.46. The Kier molecular flexibility index (Phi) is 4.83. The van der Waals surface area contributed by atoms with Gasteiger partial charge in [0.15, 0.2) is 0 Å². The number of unbranched alkanes of at least 4 members (excludes halogenated alkanes) is 1. The highest BCUT2D eigenvalue weighted by Crippen LogP contribution is 2.21. The summed E-state index contributed by atoms with van der Waals surface area (Å²) in [7, 11) is 0. The first-order chi connectivity index (χ1) is 9.67. The van der Waals surface area contributed by atoms with Crippen LogP contribution in [0.5, 0.6) is 0 Å². The van der Waals surface area contributed by atoms with Crippen molar-refractivity contribution in [3.05, 3.63) is 45.9 Å². The summed E-state index contributed by atoms with van der Waals surface area (Å²) < 4.78 is 1.77. The molecule has 108 valence electrons. The number of H-pyrrole nitrogens is 1. The third-order valence-electron chi connectivity index (χ3n) is 3.61. The number of hydrogen-bond donors (Lipinski definition) is 1. The number of rotatable bonds is 6. The van der Waals surface area contributed by atoms with Crippen LogP contribution in [-0.2, 0) is 13.0 Å². The second-order valence-electron chi connectivity index (χ2n) is 5.39. The maximum Gasteiger partial charge on any atom is 0.274 e. The average Bonchev–Trinajstić information content (AvgIpc) is 2.74. The standard InChI is InChI=1S/C17H24N2O/c1-4-6-12-19-17(20)16(15(18-19)7-5-2)14-10-8-13(3)9-11-14/h8-11,18H,4-7,12H2,1-3H3. The normalized spacial score (nSPS) is 10.9. The van der Waals surface area contributed by atoms with E-state index < -0.39 is 0 Å². The van der Waals surface area contributed by atoms with Gasteiger partial charge >= 0.3 is 0 Å². The molecule has 0 atom stereocenters. The summed E-state index contributed by atoms with van der Waals surface area (Å²) in [6, 6.07) is 8.22. The Bertz CT molecular complexity index is 605. The second-order valence-corrected chi connectivity index (χ2v) is 5.39. The number of aryl methyl sites for hydroxylation is 3. The molecule has 0 radical (unpaired) electrons. The van der Waals surface area contributed by atoms with Crippen LogP contribution in [0.15, 0.2) is 29.1 Å². The van der Waals surface area contributed by atoms with E-state index in [-0.39, 0.29) is 5.56 Å². The van der Waals surface area contributed by atoms with Crippen LogP contribution in [0, 0.1) is 6.92 Å². The van der Waals surface area contributed by atoms with Crippen LogP contribution in [0.1, 0.15) is 44.4 Å². The van der Waals surface area contributed by atoms with Gasteiger partial charge < -0.3 is 0 Å². The maximum absolute atomic E-state index is 12.6. The molecule has 0 aliphatic heterocycles. The van der Waals surface area contributed by atoms with E-state index in [2.05, 4.69) is 38.0 Å². The van der Waals surface area contributed by atoms with Crippen LogP contribution in [0.4, 0.5) is 0 Å². The molecular formula is C17H24N2O. The minimum atomic E-state index is 0.116. The van der Waals surface area contributed by atoms with E-state index in [9.17, 15) is 4.79 Å². The molecule has 2 aromatic rings. The molecule has 0 saturated heterocycles. The van der Waals surface area contributed by atoms with Crippen molar-refractivity contribution in [3.63, 3.8) is 0 Å². The highest BCUT2D eigenvalue weighted by atomic mass is 16.1. The van der Waals surface area contributed by atoms with Crippen LogP contribution in [0.25, 0.3) is 11.1 Å². The zero-order valence-electron chi connectivity index (χ0n) is 12.7. The molecule has 0 aliphatic carbocycles. The molecule has 2 rings (SSSR count). The minimum absolute atomic E-state index is 0.116. The van der Waals surface area contributed by atoms with Gasteiger partial charge in [-0.05, 0) is 25.3 Å². The maximum atomic E-state index is 12.6. The Labute approximate surface area is 120 Å². The molecule has 0 amide bonds. The van der Waals surface area contributed by atoms with Crippen molar-refractivity contribution in [1.29, 1.82) is 0 Å². The van der Waals surface area contributed by atoms with Crippen molar-refractivity contribution >= 4 is 0 Å². The Morgan fingerprint density at radius 2 is 1.80 bits per heavy atom. The van der Waals surface area contributed by atoms with Crippen molar-refractivity contribution in [1.82, 2.24) is 9.78 Å². The van der Waals surface area contributed by atoms with Gasteiger partial charge in [0, 0.05) is 12.2 Å². The van der Waals surface area contributed by atoms with Crippen molar-refractivity contribution in [3.8, 4) is 11.1 Å². The lowest BCUT2D eigenvalue weighted by Gasteiger charge is -2.01. The molecule has 0 saturated carbocycles. The molecule has 3 nitrogen and oxygen atoms in total. The molecule has 0 aliphatic rings. The number of aromatic nitrogens is 2. The lowest BCUT2D eigenvalue weighted by molar-refractivity contribution is 0.551. The first-order valence-corrected chi connectivity index (χ1v) is 7.56. The van der Waals surface area contributed by atoms with Gasteiger partial charge in [-0.1, -0.05) is 56.5 Å². The molecule has 20 heavy (non-hydrogen) atoms. The SMILES string of the molecule is CCCCn1[nH]c(CCC)c(-c2ccc(C)cc2)c1=O. The predicted octanol–water partition coefficient (Wildman–Crippen LogP) is 3.90. The highest BCUT2D eigenvalue weighted by molar-refractivity contribution is 5.65. The topological polar surface area (TPSA) is 37.8 Å². The predicted molar refractivity (Wildman–Crippen MR) is 84.1 cm³/mol. The number of nitrogens with zero attached hydrogens (tertiary/aromatic N) is 1. The van der Waals surface area contributed by atoms with E-state index in [0.29, 0.717) is 0 Å². The van der Waals surface area contributed by atoms with Crippen LogP contribution < -0.4 is 5.56 Å². The second kappa shape index (κ2) is 6.60. The number of aromatic amines is 1. The molecule has 1 N–H and O–H groups in total. The minimum Gasteiger partial charge on any atom is -0.299 e. The Morgan fingerprint density at radius 1 is 1.10 bits per heavy atom. The molecule has 0 spiro atoms. The quantitative estimate of drug-likeness (QED) is 0.850. The van der Waals surface area contributed by atoms with Gasteiger partial charge in [-0.15, -0.1) is 0 Å². The fraction of sp³-hybridized carbons (Fsp3) is 0.471. The third kappa shape index (κ3) is 3.03. The first-order valence-electron chi connectivity index (χ1n) is 7.56. The van der Waals surface area contributed by atoms with E-state index in [1.54, 1.807) is 4.68 Å². The summed E-state index contributed by atoms with van der Waals surface area (Å²) in [5, 5.41) is 3.30. The van der Waals surface area contributed by atoms with E-state index in [1.165, 1.54) is 5.56 Å². The monoisotopic (exact) mass is 272 g/mol. The van der Waals surface area contributed by atoms with Crippen LogP contribution in [-0.4, -0.2) is 9.78 Å². The summed E-state index contributed by atoms with van der Waals surface area (Å²) in [6.07, 6.45) is 4.07. The smallest absolute Gasteiger partial charge is 0.274 e. The van der Waals surface area contributed by atoms with Gasteiger partial charge in [-0.3, -0.25) is 14.6 Å². The van der Waals surface area contributed by atoms with Crippen LogP contribution in [0.2, 0.25) is 0 Å².